The molecule has 108 valence electrons. The second kappa shape index (κ2) is 6.52. The highest BCUT2D eigenvalue weighted by molar-refractivity contribution is 5.84. The van der Waals surface area contributed by atoms with Crippen LogP contribution in [0.4, 0.5) is 0 Å². The molecule has 1 fully saturated rings. The van der Waals surface area contributed by atoms with Gasteiger partial charge in [0.1, 0.15) is 6.04 Å². The van der Waals surface area contributed by atoms with Gasteiger partial charge in [-0.05, 0) is 24.3 Å². The zero-order valence-electron chi connectivity index (χ0n) is 11.3. The molecule has 1 aromatic rings. The first kappa shape index (κ1) is 14.5. The van der Waals surface area contributed by atoms with E-state index in [0.717, 1.165) is 18.4 Å². The first-order valence-corrected chi connectivity index (χ1v) is 6.88. The fourth-order valence-corrected chi connectivity index (χ4v) is 2.21. The monoisotopic (exact) mass is 276 g/mol. The van der Waals surface area contributed by atoms with Crippen LogP contribution in [0.5, 0.6) is 0 Å². The third-order valence-corrected chi connectivity index (χ3v) is 3.56. The average Bonchev–Trinajstić information content (AvgIpc) is 3.23. The molecule has 2 unspecified atom stereocenters. The summed E-state index contributed by atoms with van der Waals surface area (Å²) in [6, 6.07) is 8.19. The highest BCUT2D eigenvalue weighted by atomic mass is 16.4. The van der Waals surface area contributed by atoms with Crippen molar-refractivity contribution < 1.29 is 14.7 Å². The minimum absolute atomic E-state index is 0.152. The molecule has 0 radical (unpaired) electrons. The number of benzene rings is 1. The summed E-state index contributed by atoms with van der Waals surface area (Å²) in [5.41, 5.74) is 6.76. The lowest BCUT2D eigenvalue weighted by atomic mass is 10.0. The van der Waals surface area contributed by atoms with E-state index in [9.17, 15) is 14.7 Å². The van der Waals surface area contributed by atoms with Gasteiger partial charge in [-0.3, -0.25) is 4.79 Å². The standard InChI is InChI=1S/C15H20N2O3/c16-12(11-6-7-11)9-14(18)17-13(15(19)20)8-10-4-2-1-3-5-10/h1-5,11-13H,6-9,16H2,(H,17,18)(H,19,20). The number of carbonyl (C=O) groups is 2. The molecule has 1 amide bonds. The molecule has 20 heavy (non-hydrogen) atoms. The molecule has 2 atom stereocenters. The molecule has 1 aliphatic carbocycles. The molecule has 4 N–H and O–H groups in total. The van der Waals surface area contributed by atoms with Crippen molar-refractivity contribution in [1.82, 2.24) is 5.32 Å². The highest BCUT2D eigenvalue weighted by Crippen LogP contribution is 2.32. The van der Waals surface area contributed by atoms with E-state index in [1.54, 1.807) is 0 Å². The lowest BCUT2D eigenvalue weighted by Gasteiger charge is -2.16. The number of carboxylic acid groups (broad SMARTS) is 1. The van der Waals surface area contributed by atoms with Gasteiger partial charge in [0.25, 0.3) is 0 Å². The van der Waals surface area contributed by atoms with Crippen LogP contribution < -0.4 is 11.1 Å². The van der Waals surface area contributed by atoms with E-state index in [-0.39, 0.29) is 24.8 Å². The number of carbonyl (C=O) groups excluding carboxylic acids is 1. The van der Waals surface area contributed by atoms with E-state index in [1.165, 1.54) is 0 Å². The molecule has 1 aromatic carbocycles. The van der Waals surface area contributed by atoms with Crippen molar-refractivity contribution in [2.45, 2.75) is 37.8 Å². The Bertz CT molecular complexity index is 471. The number of amides is 1. The fourth-order valence-electron chi connectivity index (χ4n) is 2.21. The van der Waals surface area contributed by atoms with E-state index in [1.807, 2.05) is 30.3 Å². The molecule has 0 heterocycles. The van der Waals surface area contributed by atoms with Crippen LogP contribution in [0.1, 0.15) is 24.8 Å². The zero-order valence-corrected chi connectivity index (χ0v) is 11.3. The lowest BCUT2D eigenvalue weighted by Crippen LogP contribution is -2.44. The third-order valence-electron chi connectivity index (χ3n) is 3.56. The third kappa shape index (κ3) is 4.35. The predicted molar refractivity (Wildman–Crippen MR) is 75.0 cm³/mol. The Morgan fingerprint density at radius 1 is 1.30 bits per heavy atom. The average molecular weight is 276 g/mol. The van der Waals surface area contributed by atoms with E-state index in [4.69, 9.17) is 5.73 Å². The van der Waals surface area contributed by atoms with Crippen LogP contribution in [0, 0.1) is 5.92 Å². The van der Waals surface area contributed by atoms with Gasteiger partial charge in [0, 0.05) is 18.9 Å². The molecule has 1 saturated carbocycles. The first-order chi connectivity index (χ1) is 9.56. The Hall–Kier alpha value is -1.88. The van der Waals surface area contributed by atoms with Crippen molar-refractivity contribution in [2.75, 3.05) is 0 Å². The van der Waals surface area contributed by atoms with Gasteiger partial charge in [-0.25, -0.2) is 4.79 Å². The van der Waals surface area contributed by atoms with Crippen LogP contribution in [0.15, 0.2) is 30.3 Å². The van der Waals surface area contributed by atoms with Crippen molar-refractivity contribution in [3.63, 3.8) is 0 Å². The number of hydrogen-bond donors (Lipinski definition) is 3. The van der Waals surface area contributed by atoms with Crippen LogP contribution in [0.25, 0.3) is 0 Å². The summed E-state index contributed by atoms with van der Waals surface area (Å²) in [6.07, 6.45) is 2.62. The zero-order chi connectivity index (χ0) is 14.5. The number of hydrogen-bond acceptors (Lipinski definition) is 3. The summed E-state index contributed by atoms with van der Waals surface area (Å²) in [5.74, 6) is -0.881. The Morgan fingerprint density at radius 2 is 1.95 bits per heavy atom. The van der Waals surface area contributed by atoms with Crippen molar-refractivity contribution in [2.24, 2.45) is 11.7 Å². The van der Waals surface area contributed by atoms with Gasteiger partial charge in [-0.2, -0.15) is 0 Å². The largest absolute Gasteiger partial charge is 0.480 e. The molecule has 0 bridgehead atoms. The molecular formula is C15H20N2O3. The van der Waals surface area contributed by atoms with Crippen LogP contribution >= 0.6 is 0 Å². The molecule has 2 rings (SSSR count). The van der Waals surface area contributed by atoms with E-state index in [2.05, 4.69) is 5.32 Å². The number of aliphatic carboxylic acids is 1. The van der Waals surface area contributed by atoms with Crippen molar-refractivity contribution in [1.29, 1.82) is 0 Å². The molecule has 1 aliphatic rings. The maximum Gasteiger partial charge on any atom is 0.326 e. The van der Waals surface area contributed by atoms with Gasteiger partial charge in [0.05, 0.1) is 0 Å². The van der Waals surface area contributed by atoms with Crippen molar-refractivity contribution in [3.05, 3.63) is 35.9 Å². The van der Waals surface area contributed by atoms with Gasteiger partial charge in [-0.1, -0.05) is 30.3 Å². The first-order valence-electron chi connectivity index (χ1n) is 6.88. The molecule has 0 aliphatic heterocycles. The predicted octanol–water partition coefficient (Wildman–Crippen LogP) is 0.926. The van der Waals surface area contributed by atoms with Gasteiger partial charge in [0.2, 0.25) is 5.91 Å². The van der Waals surface area contributed by atoms with Crippen LogP contribution in [0.2, 0.25) is 0 Å². The maximum absolute atomic E-state index is 11.8. The minimum atomic E-state index is -1.03. The number of nitrogens with two attached hydrogens (primary N) is 1. The SMILES string of the molecule is NC(CC(=O)NC(Cc1ccccc1)C(=O)O)C1CC1. The second-order valence-electron chi connectivity index (χ2n) is 5.35. The summed E-state index contributed by atoms with van der Waals surface area (Å²) in [6.45, 7) is 0. The van der Waals surface area contributed by atoms with Crippen LogP contribution in [0.3, 0.4) is 0 Å². The fraction of sp³-hybridized carbons (Fsp3) is 0.467. The Balaban J connectivity index is 1.88. The summed E-state index contributed by atoms with van der Waals surface area (Å²) in [7, 11) is 0. The molecular weight excluding hydrogens is 256 g/mol. The Morgan fingerprint density at radius 3 is 2.50 bits per heavy atom. The van der Waals surface area contributed by atoms with Crippen molar-refractivity contribution in [3.8, 4) is 0 Å². The Kier molecular flexibility index (Phi) is 4.74. The summed E-state index contributed by atoms with van der Waals surface area (Å²) >= 11 is 0. The topological polar surface area (TPSA) is 92.4 Å². The molecule has 0 saturated heterocycles. The summed E-state index contributed by atoms with van der Waals surface area (Å²) < 4.78 is 0. The van der Waals surface area contributed by atoms with E-state index >= 15 is 0 Å². The maximum atomic E-state index is 11.8. The molecule has 0 aromatic heterocycles. The Labute approximate surface area is 118 Å². The number of carboxylic acids is 1. The summed E-state index contributed by atoms with van der Waals surface area (Å²) in [4.78, 5) is 23.1. The number of nitrogens with one attached hydrogen (secondary N) is 1. The molecule has 5 heteroatoms. The van der Waals surface area contributed by atoms with Gasteiger partial charge in [0.15, 0.2) is 0 Å². The smallest absolute Gasteiger partial charge is 0.326 e. The second-order valence-corrected chi connectivity index (χ2v) is 5.35. The van der Waals surface area contributed by atoms with Crippen molar-refractivity contribution >= 4 is 11.9 Å². The van der Waals surface area contributed by atoms with Crippen LogP contribution in [-0.2, 0) is 16.0 Å². The van der Waals surface area contributed by atoms with Crippen LogP contribution in [-0.4, -0.2) is 29.1 Å². The van der Waals surface area contributed by atoms with Gasteiger partial charge < -0.3 is 16.2 Å². The highest BCUT2D eigenvalue weighted by Gasteiger charge is 2.30. The minimum Gasteiger partial charge on any atom is -0.480 e. The van der Waals surface area contributed by atoms with E-state index in [0.29, 0.717) is 5.92 Å². The quantitative estimate of drug-likeness (QED) is 0.690. The lowest BCUT2D eigenvalue weighted by molar-refractivity contribution is -0.141. The van der Waals surface area contributed by atoms with Gasteiger partial charge >= 0.3 is 5.97 Å². The van der Waals surface area contributed by atoms with Gasteiger partial charge in [-0.15, -0.1) is 0 Å². The number of rotatable bonds is 7. The normalized spacial score (nSPS) is 17.2. The molecule has 5 nitrogen and oxygen atoms in total. The van der Waals surface area contributed by atoms with E-state index < -0.39 is 12.0 Å². The molecule has 0 spiro atoms. The summed E-state index contributed by atoms with van der Waals surface area (Å²) in [5, 5.41) is 11.8.